The van der Waals surface area contributed by atoms with E-state index in [1.165, 1.54) is 6.07 Å². The smallest absolute Gasteiger partial charge is 0.191 e. The second-order valence-electron chi connectivity index (χ2n) is 5.11. The Labute approximate surface area is 154 Å². The van der Waals surface area contributed by atoms with Crippen LogP contribution >= 0.6 is 27.5 Å². The molecule has 2 aromatic rings. The van der Waals surface area contributed by atoms with Crippen molar-refractivity contribution in [2.24, 2.45) is 4.99 Å². The predicted molar refractivity (Wildman–Crippen MR) is 99.9 cm³/mol. The Morgan fingerprint density at radius 2 is 2.04 bits per heavy atom. The molecule has 0 spiro atoms. The average molecular weight is 414 g/mol. The molecule has 1 aromatic heterocycles. The lowest BCUT2D eigenvalue weighted by molar-refractivity contribution is 0.618. The van der Waals surface area contributed by atoms with Crippen LogP contribution in [0.3, 0.4) is 0 Å². The Bertz CT molecular complexity index is 691. The van der Waals surface area contributed by atoms with Gasteiger partial charge in [0.2, 0.25) is 0 Å². The van der Waals surface area contributed by atoms with E-state index in [1.807, 2.05) is 19.1 Å². The van der Waals surface area contributed by atoms with Crippen molar-refractivity contribution in [3.63, 3.8) is 0 Å². The first-order valence-electron chi connectivity index (χ1n) is 7.65. The summed E-state index contributed by atoms with van der Waals surface area (Å²) in [7, 11) is 0. The molecule has 1 aromatic carbocycles. The van der Waals surface area contributed by atoms with Gasteiger partial charge in [-0.05, 0) is 58.6 Å². The molecule has 0 saturated heterocycles. The summed E-state index contributed by atoms with van der Waals surface area (Å²) < 4.78 is 14.0. The minimum absolute atomic E-state index is 0.282. The number of guanidine groups is 1. The highest BCUT2D eigenvalue weighted by atomic mass is 79.9. The van der Waals surface area contributed by atoms with Crippen LogP contribution in [0.4, 0.5) is 4.39 Å². The highest BCUT2D eigenvalue weighted by Gasteiger charge is 2.02. The van der Waals surface area contributed by atoms with Crippen molar-refractivity contribution in [1.82, 2.24) is 15.6 Å². The van der Waals surface area contributed by atoms with Crippen molar-refractivity contribution >= 4 is 33.5 Å². The fourth-order valence-electron chi connectivity index (χ4n) is 2.03. The zero-order valence-electron chi connectivity index (χ0n) is 13.3. The number of aromatic nitrogens is 1. The lowest BCUT2D eigenvalue weighted by Gasteiger charge is -2.11. The van der Waals surface area contributed by atoms with E-state index in [9.17, 15) is 4.39 Å². The molecule has 0 saturated carbocycles. The lowest BCUT2D eigenvalue weighted by Crippen LogP contribution is -2.38. The number of rotatable bonds is 6. The number of hydrogen-bond acceptors (Lipinski definition) is 2. The Kier molecular flexibility index (Phi) is 7.46. The van der Waals surface area contributed by atoms with Gasteiger partial charge in [-0.1, -0.05) is 23.7 Å². The Morgan fingerprint density at radius 3 is 2.71 bits per heavy atom. The van der Waals surface area contributed by atoms with Crippen LogP contribution in [0.15, 0.2) is 46.0 Å². The number of aliphatic imine (C=N–C) groups is 1. The van der Waals surface area contributed by atoms with E-state index < -0.39 is 0 Å². The van der Waals surface area contributed by atoms with E-state index in [0.717, 1.165) is 24.1 Å². The van der Waals surface area contributed by atoms with Gasteiger partial charge in [-0.2, -0.15) is 0 Å². The molecule has 0 amide bonds. The van der Waals surface area contributed by atoms with E-state index in [4.69, 9.17) is 11.6 Å². The van der Waals surface area contributed by atoms with Gasteiger partial charge >= 0.3 is 0 Å². The van der Waals surface area contributed by atoms with Crippen LogP contribution < -0.4 is 10.6 Å². The van der Waals surface area contributed by atoms with Crippen molar-refractivity contribution in [1.29, 1.82) is 0 Å². The molecule has 0 aliphatic rings. The Balaban J connectivity index is 1.90. The Hall–Kier alpha value is -1.66. The first-order chi connectivity index (χ1) is 11.6. The van der Waals surface area contributed by atoms with Gasteiger partial charge in [-0.25, -0.2) is 14.4 Å². The predicted octanol–water partition coefficient (Wildman–Crippen LogP) is 3.93. The summed E-state index contributed by atoms with van der Waals surface area (Å²) in [6.45, 7) is 3.87. The molecular formula is C17H19BrClFN4. The number of halogens is 3. The first kappa shape index (κ1) is 18.7. The maximum absolute atomic E-state index is 13.5. The minimum Gasteiger partial charge on any atom is -0.357 e. The Morgan fingerprint density at radius 1 is 1.25 bits per heavy atom. The van der Waals surface area contributed by atoms with Gasteiger partial charge < -0.3 is 10.6 Å². The molecule has 1 heterocycles. The van der Waals surface area contributed by atoms with Gasteiger partial charge in [0.1, 0.15) is 11.0 Å². The number of nitrogens with zero attached hydrogens (tertiary/aromatic N) is 2. The molecule has 0 aliphatic carbocycles. The van der Waals surface area contributed by atoms with Crippen molar-refractivity contribution in [2.75, 3.05) is 13.1 Å². The third kappa shape index (κ3) is 6.09. The first-order valence-corrected chi connectivity index (χ1v) is 8.82. The molecule has 7 heteroatoms. The zero-order valence-corrected chi connectivity index (χ0v) is 15.7. The van der Waals surface area contributed by atoms with Crippen LogP contribution in [0, 0.1) is 5.82 Å². The van der Waals surface area contributed by atoms with Crippen molar-refractivity contribution in [3.8, 4) is 0 Å². The topological polar surface area (TPSA) is 49.3 Å². The highest BCUT2D eigenvalue weighted by Crippen LogP contribution is 2.16. The maximum Gasteiger partial charge on any atom is 0.191 e. The third-order valence-corrected chi connectivity index (χ3v) is 4.11. The molecule has 128 valence electrons. The van der Waals surface area contributed by atoms with Gasteiger partial charge in [0.05, 0.1) is 11.0 Å². The SMILES string of the molecule is CCNC(=NCc1ccc(Br)c(F)c1)NCCc1ccc(Cl)nc1. The van der Waals surface area contributed by atoms with Gasteiger partial charge in [0, 0.05) is 19.3 Å². The van der Waals surface area contributed by atoms with E-state index in [1.54, 1.807) is 18.3 Å². The summed E-state index contributed by atoms with van der Waals surface area (Å²) in [6.07, 6.45) is 2.57. The molecule has 2 N–H and O–H groups in total. The number of hydrogen-bond donors (Lipinski definition) is 2. The standard InChI is InChI=1S/C17H19BrClFN4/c1-2-21-17(22-8-7-12-4-6-16(19)23-10-12)24-11-13-3-5-14(18)15(20)9-13/h3-6,9-10H,2,7-8,11H2,1H3,(H2,21,22,24). The summed E-state index contributed by atoms with van der Waals surface area (Å²) in [5.74, 6) is 0.415. The monoisotopic (exact) mass is 412 g/mol. The molecule has 24 heavy (non-hydrogen) atoms. The van der Waals surface area contributed by atoms with E-state index in [-0.39, 0.29) is 5.82 Å². The number of benzene rings is 1. The third-order valence-electron chi connectivity index (χ3n) is 3.24. The van der Waals surface area contributed by atoms with Crippen LogP contribution in [0.25, 0.3) is 0 Å². The molecule has 4 nitrogen and oxygen atoms in total. The summed E-state index contributed by atoms with van der Waals surface area (Å²) in [5, 5.41) is 6.92. The summed E-state index contributed by atoms with van der Waals surface area (Å²) in [4.78, 5) is 8.53. The van der Waals surface area contributed by atoms with Crippen LogP contribution in [0.1, 0.15) is 18.1 Å². The fraction of sp³-hybridized carbons (Fsp3) is 0.294. The van der Waals surface area contributed by atoms with Crippen molar-refractivity contribution in [3.05, 3.63) is 63.1 Å². The van der Waals surface area contributed by atoms with Crippen LogP contribution in [-0.2, 0) is 13.0 Å². The summed E-state index contributed by atoms with van der Waals surface area (Å²) in [5.41, 5.74) is 1.91. The molecule has 0 fully saturated rings. The van der Waals surface area contributed by atoms with Crippen LogP contribution in [-0.4, -0.2) is 24.0 Å². The molecule has 0 unspecified atom stereocenters. The highest BCUT2D eigenvalue weighted by molar-refractivity contribution is 9.10. The second kappa shape index (κ2) is 9.59. The quantitative estimate of drug-likeness (QED) is 0.428. The largest absolute Gasteiger partial charge is 0.357 e. The lowest BCUT2D eigenvalue weighted by atomic mass is 10.2. The zero-order chi connectivity index (χ0) is 17.4. The van der Waals surface area contributed by atoms with Gasteiger partial charge in [-0.3, -0.25) is 0 Å². The summed E-state index contributed by atoms with van der Waals surface area (Å²) >= 11 is 8.92. The summed E-state index contributed by atoms with van der Waals surface area (Å²) in [6, 6.07) is 8.74. The van der Waals surface area contributed by atoms with Crippen LogP contribution in [0.5, 0.6) is 0 Å². The molecule has 0 bridgehead atoms. The van der Waals surface area contributed by atoms with E-state index in [0.29, 0.717) is 28.7 Å². The average Bonchev–Trinajstić information content (AvgIpc) is 2.57. The van der Waals surface area contributed by atoms with Crippen molar-refractivity contribution in [2.45, 2.75) is 19.9 Å². The number of nitrogens with one attached hydrogen (secondary N) is 2. The number of pyridine rings is 1. The normalized spacial score (nSPS) is 11.4. The van der Waals surface area contributed by atoms with Crippen LogP contribution in [0.2, 0.25) is 5.15 Å². The molecule has 0 radical (unpaired) electrons. The minimum atomic E-state index is -0.282. The molecule has 0 aliphatic heterocycles. The van der Waals surface area contributed by atoms with Gasteiger partial charge in [0.15, 0.2) is 5.96 Å². The fourth-order valence-corrected chi connectivity index (χ4v) is 2.39. The maximum atomic E-state index is 13.5. The van der Waals surface area contributed by atoms with Crippen molar-refractivity contribution < 1.29 is 4.39 Å². The van der Waals surface area contributed by atoms with Gasteiger partial charge in [-0.15, -0.1) is 0 Å². The molecule has 2 rings (SSSR count). The molecular weight excluding hydrogens is 395 g/mol. The van der Waals surface area contributed by atoms with Gasteiger partial charge in [0.25, 0.3) is 0 Å². The molecule has 0 atom stereocenters. The van der Waals surface area contributed by atoms with E-state index >= 15 is 0 Å². The van der Waals surface area contributed by atoms with E-state index in [2.05, 4.69) is 36.5 Å². The second-order valence-corrected chi connectivity index (χ2v) is 6.35.